The van der Waals surface area contributed by atoms with Crippen LogP contribution in [0.15, 0.2) is 30.3 Å². The van der Waals surface area contributed by atoms with Crippen molar-refractivity contribution in [3.63, 3.8) is 0 Å². The van der Waals surface area contributed by atoms with E-state index in [1.165, 1.54) is 0 Å². The van der Waals surface area contributed by atoms with Crippen molar-refractivity contribution >= 4 is 5.97 Å². The molecule has 2 saturated heterocycles. The maximum absolute atomic E-state index is 12.2. The van der Waals surface area contributed by atoms with E-state index in [2.05, 4.69) is 12.1 Å². The van der Waals surface area contributed by atoms with E-state index in [1.54, 1.807) is 0 Å². The summed E-state index contributed by atoms with van der Waals surface area (Å²) in [6, 6.07) is 10.2. The molecule has 112 valence electrons. The van der Waals surface area contributed by atoms with Crippen LogP contribution in [0.25, 0.3) is 0 Å². The molecule has 4 nitrogen and oxygen atoms in total. The maximum Gasteiger partial charge on any atom is 0.314 e. The van der Waals surface area contributed by atoms with Crippen molar-refractivity contribution in [1.29, 1.82) is 0 Å². The van der Waals surface area contributed by atoms with Gasteiger partial charge in [0.15, 0.2) is 0 Å². The van der Waals surface area contributed by atoms with Crippen LogP contribution in [0.4, 0.5) is 0 Å². The van der Waals surface area contributed by atoms with Gasteiger partial charge in [-0.15, -0.1) is 0 Å². The fourth-order valence-electron chi connectivity index (χ4n) is 4.07. The minimum absolute atomic E-state index is 0.00745. The summed E-state index contributed by atoms with van der Waals surface area (Å²) in [5.74, 6) is -0.790. The fourth-order valence-corrected chi connectivity index (χ4v) is 4.07. The summed E-state index contributed by atoms with van der Waals surface area (Å²) >= 11 is 0. The second-order valence-electron chi connectivity index (χ2n) is 6.80. The molecule has 0 amide bonds. The smallest absolute Gasteiger partial charge is 0.314 e. The third kappa shape index (κ3) is 1.93. The molecule has 0 N–H and O–H groups in total. The number of hydrogen-bond acceptors (Lipinski definition) is 4. The molecular weight excluding hydrogens is 268 g/mol. The lowest BCUT2D eigenvalue weighted by Gasteiger charge is -2.62. The van der Waals surface area contributed by atoms with E-state index in [0.29, 0.717) is 12.5 Å². The van der Waals surface area contributed by atoms with Gasteiger partial charge in [-0.3, -0.25) is 4.79 Å². The molecule has 1 spiro atoms. The Kier molecular flexibility index (Phi) is 2.72. The Morgan fingerprint density at radius 2 is 1.95 bits per heavy atom. The first kappa shape index (κ1) is 13.3. The lowest BCUT2D eigenvalue weighted by molar-refractivity contribution is -0.369. The molecule has 0 bridgehead atoms. The van der Waals surface area contributed by atoms with Crippen molar-refractivity contribution in [2.45, 2.75) is 44.2 Å². The van der Waals surface area contributed by atoms with Crippen LogP contribution < -0.4 is 0 Å². The summed E-state index contributed by atoms with van der Waals surface area (Å²) in [5.41, 5.74) is 0.744. The summed E-state index contributed by atoms with van der Waals surface area (Å²) in [4.78, 5) is 12.2. The number of benzene rings is 1. The van der Waals surface area contributed by atoms with E-state index in [1.807, 2.05) is 32.0 Å². The third-order valence-corrected chi connectivity index (χ3v) is 5.04. The van der Waals surface area contributed by atoms with Gasteiger partial charge in [0.05, 0.1) is 24.2 Å². The summed E-state index contributed by atoms with van der Waals surface area (Å²) < 4.78 is 17.7. The molecule has 3 aliphatic rings. The Morgan fingerprint density at radius 1 is 1.19 bits per heavy atom. The number of carbonyl (C=O) groups is 1. The number of carbonyl (C=O) groups excluding carboxylic acids is 1. The average molecular weight is 288 g/mol. The molecule has 1 aromatic rings. The molecule has 4 atom stereocenters. The quantitative estimate of drug-likeness (QED) is 0.745. The highest BCUT2D eigenvalue weighted by Crippen LogP contribution is 2.59. The molecule has 0 unspecified atom stereocenters. The number of cyclic esters (lactones) is 1. The van der Waals surface area contributed by atoms with Gasteiger partial charge in [0.25, 0.3) is 0 Å². The predicted molar refractivity (Wildman–Crippen MR) is 75.3 cm³/mol. The first-order chi connectivity index (χ1) is 10.0. The van der Waals surface area contributed by atoms with E-state index in [-0.39, 0.29) is 18.0 Å². The average Bonchev–Trinajstić information content (AvgIpc) is 2.41. The van der Waals surface area contributed by atoms with Gasteiger partial charge in [0, 0.05) is 26.2 Å². The molecule has 0 radical (unpaired) electrons. The highest BCUT2D eigenvalue weighted by atomic mass is 16.7. The molecular formula is C17H20O4. The lowest BCUT2D eigenvalue weighted by atomic mass is 9.56. The standard InChI is InChI=1S/C17H20O4/c1-16(2)20-15(18)13-8-12-10-19-14(9-17(12,13)21-16)11-6-4-3-5-7-11/h3-7,12-14H,8-10H2,1-2H3/t12-,13+,14-,17+/m0/s1. The summed E-state index contributed by atoms with van der Waals surface area (Å²) in [6.45, 7) is 4.29. The van der Waals surface area contributed by atoms with Crippen molar-refractivity contribution < 1.29 is 19.0 Å². The van der Waals surface area contributed by atoms with Crippen molar-refractivity contribution in [3.05, 3.63) is 35.9 Å². The maximum atomic E-state index is 12.2. The molecule has 2 aliphatic heterocycles. The highest BCUT2D eigenvalue weighted by Gasteiger charge is 2.67. The molecule has 2 heterocycles. The summed E-state index contributed by atoms with van der Waals surface area (Å²) in [6.07, 6.45) is 1.54. The number of esters is 1. The van der Waals surface area contributed by atoms with Gasteiger partial charge >= 0.3 is 5.97 Å². The van der Waals surface area contributed by atoms with Crippen LogP contribution in [0.1, 0.15) is 38.4 Å². The first-order valence-electron chi connectivity index (χ1n) is 7.60. The van der Waals surface area contributed by atoms with Crippen LogP contribution >= 0.6 is 0 Å². The van der Waals surface area contributed by atoms with Crippen molar-refractivity contribution in [2.75, 3.05) is 6.61 Å². The van der Waals surface area contributed by atoms with Crippen LogP contribution in [0.2, 0.25) is 0 Å². The van der Waals surface area contributed by atoms with Gasteiger partial charge < -0.3 is 14.2 Å². The van der Waals surface area contributed by atoms with Crippen LogP contribution in [-0.4, -0.2) is 24.0 Å². The van der Waals surface area contributed by atoms with Gasteiger partial charge in [-0.1, -0.05) is 30.3 Å². The Bertz CT molecular complexity index is 567. The Hall–Kier alpha value is -1.39. The molecule has 1 aliphatic carbocycles. The molecule has 4 heteroatoms. The molecule has 4 rings (SSSR count). The second kappa shape index (κ2) is 4.31. The van der Waals surface area contributed by atoms with Crippen molar-refractivity contribution in [2.24, 2.45) is 11.8 Å². The fraction of sp³-hybridized carbons (Fsp3) is 0.588. The zero-order valence-corrected chi connectivity index (χ0v) is 12.4. The van der Waals surface area contributed by atoms with E-state index >= 15 is 0 Å². The van der Waals surface area contributed by atoms with E-state index < -0.39 is 11.4 Å². The zero-order chi connectivity index (χ0) is 14.7. The van der Waals surface area contributed by atoms with Crippen LogP contribution in [-0.2, 0) is 19.0 Å². The van der Waals surface area contributed by atoms with Gasteiger partial charge in [-0.2, -0.15) is 0 Å². The van der Waals surface area contributed by atoms with Gasteiger partial charge in [0.2, 0.25) is 5.79 Å². The van der Waals surface area contributed by atoms with Crippen LogP contribution in [0.5, 0.6) is 0 Å². The number of hydrogen-bond donors (Lipinski definition) is 0. The molecule has 3 fully saturated rings. The zero-order valence-electron chi connectivity index (χ0n) is 12.4. The lowest BCUT2D eigenvalue weighted by Crippen LogP contribution is -2.70. The van der Waals surface area contributed by atoms with Crippen LogP contribution in [0.3, 0.4) is 0 Å². The summed E-state index contributed by atoms with van der Waals surface area (Å²) in [7, 11) is 0. The number of rotatable bonds is 1. The van der Waals surface area contributed by atoms with Crippen molar-refractivity contribution in [1.82, 2.24) is 0 Å². The minimum Gasteiger partial charge on any atom is -0.433 e. The molecule has 1 aromatic carbocycles. The highest BCUT2D eigenvalue weighted by molar-refractivity contribution is 5.77. The molecule has 1 saturated carbocycles. The monoisotopic (exact) mass is 288 g/mol. The predicted octanol–water partition coefficient (Wildman–Crippen LogP) is 2.83. The third-order valence-electron chi connectivity index (χ3n) is 5.04. The SMILES string of the molecule is CC1(C)OC(=O)[C@H]2C[C@H]3CO[C@H](c4ccccc4)C[C@@]32O1. The molecule has 0 aromatic heterocycles. The Labute approximate surface area is 124 Å². The van der Waals surface area contributed by atoms with Gasteiger partial charge in [-0.25, -0.2) is 0 Å². The minimum atomic E-state index is -0.842. The van der Waals surface area contributed by atoms with Crippen LogP contribution in [0, 0.1) is 11.8 Å². The van der Waals surface area contributed by atoms with Crippen molar-refractivity contribution in [3.8, 4) is 0 Å². The normalized spacial score (nSPS) is 40.5. The van der Waals surface area contributed by atoms with E-state index in [9.17, 15) is 4.79 Å². The Balaban J connectivity index is 1.65. The summed E-state index contributed by atoms with van der Waals surface area (Å²) in [5, 5.41) is 0. The largest absolute Gasteiger partial charge is 0.433 e. The topological polar surface area (TPSA) is 44.8 Å². The van der Waals surface area contributed by atoms with E-state index in [0.717, 1.165) is 18.4 Å². The van der Waals surface area contributed by atoms with Gasteiger partial charge in [-0.05, 0) is 12.0 Å². The van der Waals surface area contributed by atoms with Gasteiger partial charge in [0.1, 0.15) is 0 Å². The Morgan fingerprint density at radius 3 is 2.71 bits per heavy atom. The second-order valence-corrected chi connectivity index (χ2v) is 6.80. The number of ether oxygens (including phenoxy) is 3. The first-order valence-corrected chi connectivity index (χ1v) is 7.60. The molecule has 21 heavy (non-hydrogen) atoms. The van der Waals surface area contributed by atoms with E-state index in [4.69, 9.17) is 14.2 Å².